The molecule has 1 N–H and O–H groups in total. The standard InChI is InChI=1S/C17H18BrN3O3/c1-20-9-11(8-19-20)5-6-16(22)21-10-12-3-2-4-14(18)13(12)7-15(21)17(23)24/h2-4,8-9,15H,5-7,10H2,1H3,(H,23,24). The zero-order chi connectivity index (χ0) is 17.3. The Bertz CT molecular complexity index is 787. The summed E-state index contributed by atoms with van der Waals surface area (Å²) in [5.74, 6) is -1.11. The topological polar surface area (TPSA) is 75.4 Å². The maximum Gasteiger partial charge on any atom is 0.326 e. The fraction of sp³-hybridized carbons (Fsp3) is 0.353. The van der Waals surface area contributed by atoms with Crippen LogP contribution in [0.2, 0.25) is 0 Å². The van der Waals surface area contributed by atoms with E-state index < -0.39 is 12.0 Å². The lowest BCUT2D eigenvalue weighted by atomic mass is 9.93. The summed E-state index contributed by atoms with van der Waals surface area (Å²) in [6.07, 6.45) is 4.75. The number of aryl methyl sites for hydroxylation is 2. The molecular formula is C17H18BrN3O3. The molecule has 0 spiro atoms. The molecular weight excluding hydrogens is 374 g/mol. The highest BCUT2D eigenvalue weighted by molar-refractivity contribution is 9.10. The van der Waals surface area contributed by atoms with Crippen LogP contribution in [0.25, 0.3) is 0 Å². The fourth-order valence-corrected chi connectivity index (χ4v) is 3.62. The molecule has 0 fully saturated rings. The number of aromatic nitrogens is 2. The average molecular weight is 392 g/mol. The fourth-order valence-electron chi connectivity index (χ4n) is 3.06. The second-order valence-corrected chi connectivity index (χ2v) is 6.83. The van der Waals surface area contributed by atoms with E-state index in [1.54, 1.807) is 10.9 Å². The molecule has 1 atom stereocenters. The number of carbonyl (C=O) groups is 2. The summed E-state index contributed by atoms with van der Waals surface area (Å²) in [6, 6.07) is 4.93. The minimum atomic E-state index is -0.967. The molecule has 1 aromatic heterocycles. The number of halogens is 1. The van der Waals surface area contributed by atoms with Crippen molar-refractivity contribution in [3.05, 3.63) is 51.8 Å². The number of amides is 1. The Kier molecular flexibility index (Phi) is 4.71. The van der Waals surface area contributed by atoms with Gasteiger partial charge < -0.3 is 10.0 Å². The summed E-state index contributed by atoms with van der Waals surface area (Å²) in [7, 11) is 1.82. The number of rotatable bonds is 4. The van der Waals surface area contributed by atoms with E-state index >= 15 is 0 Å². The van der Waals surface area contributed by atoms with Crippen LogP contribution in [-0.4, -0.2) is 37.7 Å². The van der Waals surface area contributed by atoms with E-state index in [0.717, 1.165) is 21.2 Å². The van der Waals surface area contributed by atoms with Crippen molar-refractivity contribution in [1.82, 2.24) is 14.7 Å². The summed E-state index contributed by atoms with van der Waals surface area (Å²) in [4.78, 5) is 25.7. The van der Waals surface area contributed by atoms with Crippen LogP contribution < -0.4 is 0 Å². The summed E-state index contributed by atoms with van der Waals surface area (Å²) in [5, 5.41) is 13.6. The van der Waals surface area contributed by atoms with Crippen molar-refractivity contribution in [3.63, 3.8) is 0 Å². The van der Waals surface area contributed by atoms with Crippen LogP contribution in [0.3, 0.4) is 0 Å². The Balaban J connectivity index is 1.77. The predicted molar refractivity (Wildman–Crippen MR) is 91.3 cm³/mol. The van der Waals surface area contributed by atoms with Gasteiger partial charge in [0.25, 0.3) is 0 Å². The third kappa shape index (κ3) is 3.36. The molecule has 6 nitrogen and oxygen atoms in total. The predicted octanol–water partition coefficient (Wildman–Crippen LogP) is 2.15. The molecule has 0 radical (unpaired) electrons. The number of carbonyl (C=O) groups excluding carboxylic acids is 1. The van der Waals surface area contributed by atoms with Crippen LogP contribution in [-0.2, 0) is 36.0 Å². The molecule has 1 aromatic carbocycles. The third-order valence-corrected chi connectivity index (χ3v) is 5.06. The van der Waals surface area contributed by atoms with Crippen molar-refractivity contribution >= 4 is 27.8 Å². The van der Waals surface area contributed by atoms with Crippen molar-refractivity contribution in [3.8, 4) is 0 Å². The van der Waals surface area contributed by atoms with E-state index in [2.05, 4.69) is 21.0 Å². The maximum absolute atomic E-state index is 12.6. The van der Waals surface area contributed by atoms with Crippen molar-refractivity contribution in [1.29, 1.82) is 0 Å². The lowest BCUT2D eigenvalue weighted by molar-refractivity contribution is -0.151. The first-order chi connectivity index (χ1) is 11.5. The first-order valence-corrected chi connectivity index (χ1v) is 8.51. The van der Waals surface area contributed by atoms with Crippen molar-refractivity contribution in [2.45, 2.75) is 31.8 Å². The van der Waals surface area contributed by atoms with Gasteiger partial charge in [-0.05, 0) is 29.2 Å². The highest BCUT2D eigenvalue weighted by Crippen LogP contribution is 2.30. The van der Waals surface area contributed by atoms with E-state index in [0.29, 0.717) is 19.4 Å². The van der Waals surface area contributed by atoms with Crippen LogP contribution in [0.4, 0.5) is 0 Å². The van der Waals surface area contributed by atoms with Gasteiger partial charge in [0.2, 0.25) is 5.91 Å². The molecule has 2 heterocycles. The van der Waals surface area contributed by atoms with Crippen molar-refractivity contribution in [2.24, 2.45) is 7.05 Å². The van der Waals surface area contributed by atoms with Crippen LogP contribution in [0.5, 0.6) is 0 Å². The van der Waals surface area contributed by atoms with E-state index in [-0.39, 0.29) is 12.3 Å². The van der Waals surface area contributed by atoms with Gasteiger partial charge in [0.15, 0.2) is 0 Å². The Labute approximate surface area is 148 Å². The third-order valence-electron chi connectivity index (χ3n) is 4.32. The van der Waals surface area contributed by atoms with Gasteiger partial charge in [0.1, 0.15) is 6.04 Å². The van der Waals surface area contributed by atoms with Gasteiger partial charge >= 0.3 is 5.97 Å². The second-order valence-electron chi connectivity index (χ2n) is 5.98. The van der Waals surface area contributed by atoms with E-state index in [1.807, 2.05) is 31.4 Å². The number of nitrogens with zero attached hydrogens (tertiary/aromatic N) is 3. The number of hydrogen-bond acceptors (Lipinski definition) is 3. The molecule has 0 bridgehead atoms. The zero-order valence-electron chi connectivity index (χ0n) is 13.3. The highest BCUT2D eigenvalue weighted by Gasteiger charge is 2.35. The maximum atomic E-state index is 12.6. The normalized spacial score (nSPS) is 16.8. The molecule has 1 aliphatic heterocycles. The molecule has 1 unspecified atom stereocenters. The second kappa shape index (κ2) is 6.76. The summed E-state index contributed by atoms with van der Waals surface area (Å²) in [6.45, 7) is 0.331. The Morgan fingerprint density at radius 3 is 2.88 bits per heavy atom. The van der Waals surface area contributed by atoms with Crippen LogP contribution in [0.15, 0.2) is 35.1 Å². The Hall–Kier alpha value is -2.15. The molecule has 1 aliphatic rings. The number of hydrogen-bond donors (Lipinski definition) is 1. The minimum absolute atomic E-state index is 0.142. The molecule has 126 valence electrons. The molecule has 24 heavy (non-hydrogen) atoms. The lowest BCUT2D eigenvalue weighted by Gasteiger charge is -2.35. The van der Waals surface area contributed by atoms with Crippen molar-refractivity contribution in [2.75, 3.05) is 0 Å². The number of aliphatic carboxylic acids is 1. The first-order valence-electron chi connectivity index (χ1n) is 7.71. The van der Waals surface area contributed by atoms with Gasteiger partial charge in [-0.1, -0.05) is 28.1 Å². The average Bonchev–Trinajstić information content (AvgIpc) is 2.97. The van der Waals surface area contributed by atoms with E-state index in [1.165, 1.54) is 4.90 Å². The quantitative estimate of drug-likeness (QED) is 0.866. The van der Waals surface area contributed by atoms with E-state index in [4.69, 9.17) is 0 Å². The molecule has 0 saturated carbocycles. The largest absolute Gasteiger partial charge is 0.480 e. The Morgan fingerprint density at radius 2 is 2.21 bits per heavy atom. The summed E-state index contributed by atoms with van der Waals surface area (Å²) < 4.78 is 2.59. The van der Waals surface area contributed by atoms with Gasteiger partial charge in [0, 0.05) is 37.1 Å². The number of carboxylic acid groups (broad SMARTS) is 1. The number of benzene rings is 1. The van der Waals surface area contributed by atoms with Crippen molar-refractivity contribution < 1.29 is 14.7 Å². The highest BCUT2D eigenvalue weighted by atomic mass is 79.9. The minimum Gasteiger partial charge on any atom is -0.480 e. The lowest BCUT2D eigenvalue weighted by Crippen LogP contribution is -2.48. The van der Waals surface area contributed by atoms with E-state index in [9.17, 15) is 14.7 Å². The van der Waals surface area contributed by atoms with Gasteiger partial charge in [0.05, 0.1) is 6.20 Å². The molecule has 0 aliphatic carbocycles. The van der Waals surface area contributed by atoms with Crippen LogP contribution in [0, 0.1) is 0 Å². The molecule has 7 heteroatoms. The van der Waals surface area contributed by atoms with Crippen LogP contribution >= 0.6 is 15.9 Å². The molecule has 2 aromatic rings. The zero-order valence-corrected chi connectivity index (χ0v) is 14.9. The first kappa shape index (κ1) is 16.7. The number of fused-ring (bicyclic) bond motifs is 1. The molecule has 0 saturated heterocycles. The molecule has 3 rings (SSSR count). The summed E-state index contributed by atoms with van der Waals surface area (Å²) >= 11 is 3.47. The monoisotopic (exact) mass is 391 g/mol. The van der Waals surface area contributed by atoms with Crippen LogP contribution in [0.1, 0.15) is 23.1 Å². The molecule has 1 amide bonds. The Morgan fingerprint density at radius 1 is 1.42 bits per heavy atom. The van der Waals surface area contributed by atoms with Gasteiger partial charge in [-0.15, -0.1) is 0 Å². The SMILES string of the molecule is Cn1cc(CCC(=O)N2Cc3cccc(Br)c3CC2C(=O)O)cn1. The van der Waals surface area contributed by atoms with Gasteiger partial charge in [-0.25, -0.2) is 4.79 Å². The summed E-state index contributed by atoms with van der Waals surface area (Å²) in [5.41, 5.74) is 2.94. The number of carboxylic acids is 1. The van der Waals surface area contributed by atoms with Gasteiger partial charge in [-0.2, -0.15) is 5.10 Å². The van der Waals surface area contributed by atoms with Gasteiger partial charge in [-0.3, -0.25) is 9.48 Å². The smallest absolute Gasteiger partial charge is 0.326 e.